The van der Waals surface area contributed by atoms with Gasteiger partial charge in [-0.3, -0.25) is 4.79 Å². The lowest BCUT2D eigenvalue weighted by molar-refractivity contribution is 0.0918. The largest absolute Gasteiger partial charge is 0.347 e. The van der Waals surface area contributed by atoms with Gasteiger partial charge in [-0.05, 0) is 24.1 Å². The number of amides is 1. The number of benzene rings is 1. The van der Waals surface area contributed by atoms with E-state index in [0.29, 0.717) is 12.1 Å². The van der Waals surface area contributed by atoms with Crippen molar-refractivity contribution in [1.29, 1.82) is 0 Å². The van der Waals surface area contributed by atoms with Crippen molar-refractivity contribution in [3.8, 4) is 0 Å². The molecule has 0 unspecified atom stereocenters. The monoisotopic (exact) mass is 336 g/mol. The predicted octanol–water partition coefficient (Wildman–Crippen LogP) is 2.50. The van der Waals surface area contributed by atoms with E-state index in [1.54, 1.807) is 29.3 Å². The van der Waals surface area contributed by atoms with Crippen LogP contribution < -0.4 is 5.32 Å². The summed E-state index contributed by atoms with van der Waals surface area (Å²) in [6, 6.07) is 7.32. The minimum atomic E-state index is -0.0860. The molecular formula is C14H17BrN4O. The van der Waals surface area contributed by atoms with Gasteiger partial charge in [0.1, 0.15) is 0 Å². The van der Waals surface area contributed by atoms with Crippen LogP contribution in [0.4, 0.5) is 0 Å². The topological polar surface area (TPSA) is 59.8 Å². The quantitative estimate of drug-likeness (QED) is 0.912. The molecule has 0 aliphatic heterocycles. The summed E-state index contributed by atoms with van der Waals surface area (Å²) in [6.07, 6.45) is 3.26. The van der Waals surface area contributed by atoms with E-state index in [9.17, 15) is 4.79 Å². The van der Waals surface area contributed by atoms with Crippen molar-refractivity contribution in [1.82, 2.24) is 20.3 Å². The van der Waals surface area contributed by atoms with E-state index in [-0.39, 0.29) is 17.9 Å². The first-order valence-corrected chi connectivity index (χ1v) is 7.26. The summed E-state index contributed by atoms with van der Waals surface area (Å²) in [5.41, 5.74) is 0.637. The van der Waals surface area contributed by atoms with Crippen LogP contribution in [0.15, 0.2) is 41.1 Å². The molecule has 1 aromatic carbocycles. The summed E-state index contributed by atoms with van der Waals surface area (Å²) < 4.78 is 0.889. The summed E-state index contributed by atoms with van der Waals surface area (Å²) in [7, 11) is 0. The lowest BCUT2D eigenvalue weighted by Crippen LogP contribution is -2.42. The zero-order valence-electron chi connectivity index (χ0n) is 11.5. The van der Waals surface area contributed by atoms with E-state index in [2.05, 4.69) is 45.3 Å². The van der Waals surface area contributed by atoms with Gasteiger partial charge in [-0.15, -0.1) is 0 Å². The van der Waals surface area contributed by atoms with E-state index in [1.165, 1.54) is 0 Å². The number of hydrogen-bond acceptors (Lipinski definition) is 3. The lowest BCUT2D eigenvalue weighted by Gasteiger charge is -2.21. The van der Waals surface area contributed by atoms with Gasteiger partial charge in [-0.1, -0.05) is 35.8 Å². The van der Waals surface area contributed by atoms with Gasteiger partial charge >= 0.3 is 0 Å². The first kappa shape index (κ1) is 14.7. The van der Waals surface area contributed by atoms with Gasteiger partial charge in [0.05, 0.1) is 25.0 Å². The molecule has 0 bridgehead atoms. The first-order chi connectivity index (χ1) is 9.56. The first-order valence-electron chi connectivity index (χ1n) is 6.47. The van der Waals surface area contributed by atoms with Crippen molar-refractivity contribution < 1.29 is 4.79 Å². The van der Waals surface area contributed by atoms with Crippen LogP contribution in [-0.2, 0) is 6.54 Å². The van der Waals surface area contributed by atoms with Crippen LogP contribution in [-0.4, -0.2) is 26.9 Å². The predicted molar refractivity (Wildman–Crippen MR) is 80.3 cm³/mol. The van der Waals surface area contributed by atoms with Gasteiger partial charge in [-0.2, -0.15) is 15.0 Å². The molecule has 0 saturated heterocycles. The second kappa shape index (κ2) is 6.65. The molecule has 0 spiro atoms. The van der Waals surface area contributed by atoms with E-state index < -0.39 is 0 Å². The third kappa shape index (κ3) is 3.90. The number of carbonyl (C=O) groups excluding carboxylic acids is 1. The van der Waals surface area contributed by atoms with E-state index in [4.69, 9.17) is 0 Å². The summed E-state index contributed by atoms with van der Waals surface area (Å²) in [6.45, 7) is 4.69. The molecule has 0 saturated carbocycles. The van der Waals surface area contributed by atoms with Crippen LogP contribution in [0.5, 0.6) is 0 Å². The van der Waals surface area contributed by atoms with Gasteiger partial charge in [0.2, 0.25) is 0 Å². The fourth-order valence-electron chi connectivity index (χ4n) is 1.82. The summed E-state index contributed by atoms with van der Waals surface area (Å²) in [5.74, 6) is 0.203. The molecule has 20 heavy (non-hydrogen) atoms. The maximum absolute atomic E-state index is 12.3. The molecule has 106 valence electrons. The standard InChI is InChI=1S/C14H17BrN4O/c1-10(2)13(9-19-16-6-7-17-19)18-14(20)11-4-3-5-12(15)8-11/h3-8,10,13H,9H2,1-2H3,(H,18,20)/t13-/m1/s1. The Balaban J connectivity index is 2.06. The van der Waals surface area contributed by atoms with Crippen LogP contribution in [0, 0.1) is 5.92 Å². The van der Waals surface area contributed by atoms with Crippen LogP contribution in [0.2, 0.25) is 0 Å². The molecule has 2 rings (SSSR count). The highest BCUT2D eigenvalue weighted by atomic mass is 79.9. The van der Waals surface area contributed by atoms with Crippen LogP contribution >= 0.6 is 15.9 Å². The van der Waals surface area contributed by atoms with Gasteiger partial charge < -0.3 is 5.32 Å². The minimum Gasteiger partial charge on any atom is -0.347 e. The average Bonchev–Trinajstić information content (AvgIpc) is 2.90. The lowest BCUT2D eigenvalue weighted by atomic mass is 10.0. The zero-order chi connectivity index (χ0) is 14.5. The summed E-state index contributed by atoms with van der Waals surface area (Å²) >= 11 is 3.37. The number of aromatic nitrogens is 3. The molecule has 0 radical (unpaired) electrons. The Morgan fingerprint density at radius 1 is 1.35 bits per heavy atom. The van der Waals surface area contributed by atoms with Crippen molar-refractivity contribution in [2.24, 2.45) is 5.92 Å². The molecule has 2 aromatic rings. The number of nitrogens with one attached hydrogen (secondary N) is 1. The Labute approximate surface area is 126 Å². The van der Waals surface area contributed by atoms with Crippen LogP contribution in [0.3, 0.4) is 0 Å². The maximum Gasteiger partial charge on any atom is 0.251 e. The average molecular weight is 337 g/mol. The van der Waals surface area contributed by atoms with Crippen molar-refractivity contribution in [3.63, 3.8) is 0 Å². The molecule has 1 atom stereocenters. The summed E-state index contributed by atoms with van der Waals surface area (Å²) in [5, 5.41) is 11.2. The highest BCUT2D eigenvalue weighted by Crippen LogP contribution is 2.12. The zero-order valence-corrected chi connectivity index (χ0v) is 13.0. The van der Waals surface area contributed by atoms with Crippen molar-refractivity contribution >= 4 is 21.8 Å². The highest BCUT2D eigenvalue weighted by molar-refractivity contribution is 9.10. The minimum absolute atomic E-state index is 0.0196. The van der Waals surface area contributed by atoms with Gasteiger partial charge in [0.25, 0.3) is 5.91 Å². The van der Waals surface area contributed by atoms with Crippen LogP contribution in [0.1, 0.15) is 24.2 Å². The molecule has 6 heteroatoms. The molecule has 5 nitrogen and oxygen atoms in total. The van der Waals surface area contributed by atoms with Crippen molar-refractivity contribution in [3.05, 3.63) is 46.7 Å². The number of halogens is 1. The fourth-order valence-corrected chi connectivity index (χ4v) is 2.22. The van der Waals surface area contributed by atoms with Gasteiger partial charge in [-0.25, -0.2) is 0 Å². The van der Waals surface area contributed by atoms with Crippen molar-refractivity contribution in [2.45, 2.75) is 26.4 Å². The Kier molecular flexibility index (Phi) is 4.89. The van der Waals surface area contributed by atoms with Crippen LogP contribution in [0.25, 0.3) is 0 Å². The maximum atomic E-state index is 12.3. The number of nitrogens with zero attached hydrogens (tertiary/aromatic N) is 3. The van der Waals surface area contributed by atoms with Gasteiger partial charge in [0.15, 0.2) is 0 Å². The number of carbonyl (C=O) groups is 1. The Morgan fingerprint density at radius 2 is 2.05 bits per heavy atom. The third-order valence-electron chi connectivity index (χ3n) is 3.03. The second-order valence-electron chi connectivity index (χ2n) is 4.92. The Bertz CT molecular complexity index is 568. The molecule has 0 aliphatic rings. The SMILES string of the molecule is CC(C)[C@@H](Cn1nccn1)NC(=O)c1cccc(Br)c1. The molecule has 1 amide bonds. The molecular weight excluding hydrogens is 320 g/mol. The van der Waals surface area contributed by atoms with E-state index >= 15 is 0 Å². The fraction of sp³-hybridized carbons (Fsp3) is 0.357. The Hall–Kier alpha value is -1.69. The van der Waals surface area contributed by atoms with E-state index in [1.807, 2.05) is 12.1 Å². The Morgan fingerprint density at radius 3 is 2.65 bits per heavy atom. The van der Waals surface area contributed by atoms with Crippen molar-refractivity contribution in [2.75, 3.05) is 0 Å². The normalized spacial score (nSPS) is 12.4. The molecule has 0 fully saturated rings. The molecule has 1 N–H and O–H groups in total. The molecule has 1 heterocycles. The smallest absolute Gasteiger partial charge is 0.251 e. The van der Waals surface area contributed by atoms with Gasteiger partial charge in [0, 0.05) is 10.0 Å². The highest BCUT2D eigenvalue weighted by Gasteiger charge is 2.18. The summed E-state index contributed by atoms with van der Waals surface area (Å²) in [4.78, 5) is 13.8. The second-order valence-corrected chi connectivity index (χ2v) is 5.83. The number of rotatable bonds is 5. The molecule has 0 aliphatic carbocycles. The third-order valence-corrected chi connectivity index (χ3v) is 3.53. The molecule has 1 aromatic heterocycles. The number of hydrogen-bond donors (Lipinski definition) is 1. The van der Waals surface area contributed by atoms with E-state index in [0.717, 1.165) is 4.47 Å².